The van der Waals surface area contributed by atoms with Gasteiger partial charge in [-0.15, -0.1) is 0 Å². The largest absolute Gasteiger partial charge is 0.362 e. The smallest absolute Gasteiger partial charge is 0.231 e. The van der Waals surface area contributed by atoms with Crippen LogP contribution in [0.4, 0.5) is 30.7 Å². The summed E-state index contributed by atoms with van der Waals surface area (Å²) in [6.45, 7) is -1.30. The highest BCUT2D eigenvalue weighted by Gasteiger charge is 2.42. The van der Waals surface area contributed by atoms with Crippen LogP contribution in [0.1, 0.15) is 6.42 Å². The summed E-state index contributed by atoms with van der Waals surface area (Å²) in [7, 11) is 0. The summed E-state index contributed by atoms with van der Waals surface area (Å²) < 4.78 is 86.4. The second-order valence-corrected chi connectivity index (χ2v) is 3.14. The molecule has 6 unspecified atom stereocenters. The van der Waals surface area contributed by atoms with Gasteiger partial charge in [-0.2, -0.15) is 0 Å². The number of alkyl halides is 7. The van der Waals surface area contributed by atoms with Crippen LogP contribution in [-0.2, 0) is 0 Å². The van der Waals surface area contributed by atoms with Crippen LogP contribution in [0.3, 0.4) is 0 Å². The first-order valence-corrected chi connectivity index (χ1v) is 4.41. The molecule has 0 aromatic heterocycles. The molecule has 0 aromatic carbocycles. The van der Waals surface area contributed by atoms with E-state index in [4.69, 9.17) is 5.11 Å². The molecule has 0 amide bonds. The number of hydrogen-bond acceptors (Lipinski definition) is 1. The Morgan fingerprint density at radius 1 is 0.750 bits per heavy atom. The maximum Gasteiger partial charge on any atom is 0.231 e. The number of aliphatic hydroxyl groups excluding tert-OH is 1. The van der Waals surface area contributed by atoms with Crippen molar-refractivity contribution < 1.29 is 35.8 Å². The van der Waals surface area contributed by atoms with Gasteiger partial charge in [0, 0.05) is 6.42 Å². The van der Waals surface area contributed by atoms with Gasteiger partial charge in [0.1, 0.15) is 6.17 Å². The van der Waals surface area contributed by atoms with Crippen LogP contribution in [-0.4, -0.2) is 49.0 Å². The molecule has 0 radical (unpaired) electrons. The lowest BCUT2D eigenvalue weighted by atomic mass is 10.0. The van der Waals surface area contributed by atoms with E-state index in [1.807, 2.05) is 0 Å². The van der Waals surface area contributed by atoms with Crippen LogP contribution in [0, 0.1) is 0 Å². The lowest BCUT2D eigenvalue weighted by Crippen LogP contribution is -2.42. The van der Waals surface area contributed by atoms with Crippen molar-refractivity contribution in [2.24, 2.45) is 0 Å². The molecule has 0 aromatic rings. The fourth-order valence-corrected chi connectivity index (χ4v) is 0.966. The van der Waals surface area contributed by atoms with Gasteiger partial charge >= 0.3 is 0 Å². The molecule has 0 saturated heterocycles. The van der Waals surface area contributed by atoms with E-state index in [1.54, 1.807) is 0 Å². The Morgan fingerprint density at radius 2 is 1.19 bits per heavy atom. The minimum absolute atomic E-state index is 1.01. The number of aliphatic hydroxyl groups is 1. The van der Waals surface area contributed by atoms with E-state index < -0.39 is 50.3 Å². The summed E-state index contributed by atoms with van der Waals surface area (Å²) in [5.74, 6) is 0. The Bertz CT molecular complexity index is 191. The number of halogens is 7. The zero-order chi connectivity index (χ0) is 12.9. The topological polar surface area (TPSA) is 20.2 Å². The van der Waals surface area contributed by atoms with E-state index in [0.29, 0.717) is 0 Å². The van der Waals surface area contributed by atoms with Crippen molar-refractivity contribution in [2.45, 2.75) is 43.6 Å². The summed E-state index contributed by atoms with van der Waals surface area (Å²) in [5.41, 5.74) is 0. The predicted molar refractivity (Wildman–Crippen MR) is 42.2 cm³/mol. The monoisotopic (exact) mass is 256 g/mol. The van der Waals surface area contributed by atoms with E-state index in [-0.39, 0.29) is 0 Å². The quantitative estimate of drug-likeness (QED) is 0.693. The molecule has 0 fully saturated rings. The summed E-state index contributed by atoms with van der Waals surface area (Å²) in [4.78, 5) is 0. The summed E-state index contributed by atoms with van der Waals surface area (Å²) in [6.07, 6.45) is -20.1. The van der Waals surface area contributed by atoms with Crippen LogP contribution >= 0.6 is 0 Å². The predicted octanol–water partition coefficient (Wildman–Crippen LogP) is 2.32. The summed E-state index contributed by atoms with van der Waals surface area (Å²) >= 11 is 0. The maximum absolute atomic E-state index is 12.7. The zero-order valence-corrected chi connectivity index (χ0v) is 7.97. The SMILES string of the molecule is OC(F)C(F)C(F)C(F)C(F)C(F)CCF. The third-order valence-electron chi connectivity index (χ3n) is 1.91. The molecule has 8 heteroatoms. The molecule has 0 aliphatic rings. The van der Waals surface area contributed by atoms with Gasteiger partial charge in [-0.25, -0.2) is 26.3 Å². The van der Waals surface area contributed by atoms with Crippen molar-refractivity contribution in [1.29, 1.82) is 0 Å². The highest BCUT2D eigenvalue weighted by molar-refractivity contribution is 4.87. The molecular formula is C8H11F7O. The van der Waals surface area contributed by atoms with Gasteiger partial charge in [-0.3, -0.25) is 4.39 Å². The van der Waals surface area contributed by atoms with E-state index in [0.717, 1.165) is 0 Å². The van der Waals surface area contributed by atoms with E-state index in [1.165, 1.54) is 0 Å². The van der Waals surface area contributed by atoms with Gasteiger partial charge in [-0.05, 0) is 0 Å². The fraction of sp³-hybridized carbons (Fsp3) is 1.00. The van der Waals surface area contributed by atoms with Crippen LogP contribution in [0.15, 0.2) is 0 Å². The molecule has 0 aliphatic carbocycles. The van der Waals surface area contributed by atoms with Gasteiger partial charge in [0.25, 0.3) is 0 Å². The molecule has 0 aliphatic heterocycles. The lowest BCUT2D eigenvalue weighted by Gasteiger charge is -2.22. The Hall–Kier alpha value is -0.530. The van der Waals surface area contributed by atoms with Gasteiger partial charge < -0.3 is 5.11 Å². The number of hydrogen-bond donors (Lipinski definition) is 1. The molecule has 1 nitrogen and oxygen atoms in total. The van der Waals surface area contributed by atoms with Crippen LogP contribution < -0.4 is 0 Å². The normalized spacial score (nSPS) is 23.2. The standard InChI is InChI=1S/C8H11F7O/c9-2-1-3(10)4(11)5(12)6(13)7(14)8(15)16/h3-8,16H,1-2H2. The lowest BCUT2D eigenvalue weighted by molar-refractivity contribution is -0.0873. The van der Waals surface area contributed by atoms with Gasteiger partial charge in [0.15, 0.2) is 24.7 Å². The second kappa shape index (κ2) is 6.93. The first kappa shape index (κ1) is 15.5. The fourth-order valence-electron chi connectivity index (χ4n) is 0.966. The Balaban J connectivity index is 4.36. The van der Waals surface area contributed by atoms with E-state index in [2.05, 4.69) is 0 Å². The molecule has 0 bridgehead atoms. The molecule has 0 rings (SSSR count). The first-order chi connectivity index (χ1) is 7.32. The van der Waals surface area contributed by atoms with Gasteiger partial charge in [-0.1, -0.05) is 0 Å². The average Bonchev–Trinajstić information content (AvgIpc) is 2.25. The van der Waals surface area contributed by atoms with E-state index in [9.17, 15) is 30.7 Å². The highest BCUT2D eigenvalue weighted by Crippen LogP contribution is 2.24. The number of rotatable bonds is 7. The van der Waals surface area contributed by atoms with Crippen molar-refractivity contribution in [3.8, 4) is 0 Å². The molecule has 0 spiro atoms. The molecule has 0 saturated carbocycles. The highest BCUT2D eigenvalue weighted by atomic mass is 19.2. The van der Waals surface area contributed by atoms with Crippen molar-refractivity contribution >= 4 is 0 Å². The molecule has 0 heterocycles. The van der Waals surface area contributed by atoms with Crippen molar-refractivity contribution in [1.82, 2.24) is 0 Å². The van der Waals surface area contributed by atoms with Crippen LogP contribution in [0.25, 0.3) is 0 Å². The van der Waals surface area contributed by atoms with Crippen LogP contribution in [0.2, 0.25) is 0 Å². The van der Waals surface area contributed by atoms with E-state index >= 15 is 0 Å². The van der Waals surface area contributed by atoms with Gasteiger partial charge in [0.2, 0.25) is 6.36 Å². The second-order valence-electron chi connectivity index (χ2n) is 3.14. The molecule has 1 N–H and O–H groups in total. The van der Waals surface area contributed by atoms with Crippen molar-refractivity contribution in [3.63, 3.8) is 0 Å². The summed E-state index contributed by atoms with van der Waals surface area (Å²) in [6, 6.07) is 0. The molecule has 98 valence electrons. The van der Waals surface area contributed by atoms with Crippen LogP contribution in [0.5, 0.6) is 0 Å². The van der Waals surface area contributed by atoms with Crippen molar-refractivity contribution in [2.75, 3.05) is 6.67 Å². The van der Waals surface area contributed by atoms with Crippen molar-refractivity contribution in [3.05, 3.63) is 0 Å². The first-order valence-electron chi connectivity index (χ1n) is 4.41. The minimum Gasteiger partial charge on any atom is -0.362 e. The summed E-state index contributed by atoms with van der Waals surface area (Å²) in [5, 5.41) is 7.94. The Labute approximate surface area is 87.2 Å². The Kier molecular flexibility index (Phi) is 6.70. The third kappa shape index (κ3) is 4.15. The Morgan fingerprint density at radius 3 is 1.56 bits per heavy atom. The molecule has 6 atom stereocenters. The third-order valence-corrected chi connectivity index (χ3v) is 1.91. The molecule has 16 heavy (non-hydrogen) atoms. The zero-order valence-electron chi connectivity index (χ0n) is 7.97. The average molecular weight is 256 g/mol. The minimum atomic E-state index is -3.35. The maximum atomic E-state index is 12.7. The molecular weight excluding hydrogens is 245 g/mol. The van der Waals surface area contributed by atoms with Gasteiger partial charge in [0.05, 0.1) is 6.67 Å².